The number of hydrogen-bond acceptors (Lipinski definition) is 1. The fourth-order valence-electron chi connectivity index (χ4n) is 1.20. The van der Waals surface area contributed by atoms with Gasteiger partial charge in [-0.25, -0.2) is 0 Å². The molecule has 1 rings (SSSR count). The van der Waals surface area contributed by atoms with Crippen LogP contribution in [0.15, 0.2) is 18.2 Å². The third-order valence-corrected chi connectivity index (χ3v) is 3.06. The van der Waals surface area contributed by atoms with E-state index in [0.29, 0.717) is 0 Å². The second-order valence-corrected chi connectivity index (χ2v) is 4.96. The Kier molecular flexibility index (Phi) is 5.81. The summed E-state index contributed by atoms with van der Waals surface area (Å²) >= 11 is 5.38. The number of ether oxygens (including phenoxy) is 1. The molecular weight excluding hydrogens is 381 g/mol. The van der Waals surface area contributed by atoms with E-state index in [4.69, 9.17) is 0 Å². The molecule has 0 saturated heterocycles. The maximum Gasteiger partial charge on any atom is 0.387 e. The molecule has 0 aliphatic heterocycles. The minimum absolute atomic E-state index is 0.290. The molecule has 0 aromatic heterocycles. The van der Waals surface area contributed by atoms with Crippen molar-refractivity contribution in [2.24, 2.45) is 0 Å². The lowest BCUT2D eigenvalue weighted by molar-refractivity contribution is -0.0504. The van der Waals surface area contributed by atoms with Crippen LogP contribution in [0.1, 0.15) is 12.0 Å². The van der Waals surface area contributed by atoms with Crippen LogP contribution in [0.4, 0.5) is 8.78 Å². The highest BCUT2D eigenvalue weighted by Gasteiger charge is 2.09. The SMILES string of the molecule is FC(F)Oc1cc(I)ccc1CCCBr. The van der Waals surface area contributed by atoms with Crippen molar-refractivity contribution in [1.82, 2.24) is 0 Å². The van der Waals surface area contributed by atoms with Crippen molar-refractivity contribution in [3.63, 3.8) is 0 Å². The van der Waals surface area contributed by atoms with Crippen molar-refractivity contribution in [2.45, 2.75) is 19.5 Å². The standard InChI is InChI=1S/C10H10BrF2IO/c11-5-1-2-7-3-4-8(14)6-9(7)15-10(12)13/h3-4,6,10H,1-2,5H2. The van der Waals surface area contributed by atoms with Crippen LogP contribution in [-0.4, -0.2) is 11.9 Å². The lowest BCUT2D eigenvalue weighted by atomic mass is 10.1. The topological polar surface area (TPSA) is 9.23 Å². The zero-order chi connectivity index (χ0) is 11.3. The summed E-state index contributed by atoms with van der Waals surface area (Å²) in [5.74, 6) is 0.290. The maximum atomic E-state index is 12.1. The molecule has 0 fully saturated rings. The summed E-state index contributed by atoms with van der Waals surface area (Å²) in [7, 11) is 0. The van der Waals surface area contributed by atoms with Crippen LogP contribution in [0.5, 0.6) is 5.75 Å². The largest absolute Gasteiger partial charge is 0.435 e. The minimum atomic E-state index is -2.76. The van der Waals surface area contributed by atoms with E-state index in [2.05, 4.69) is 43.3 Å². The molecule has 0 aliphatic carbocycles. The van der Waals surface area contributed by atoms with E-state index in [9.17, 15) is 8.78 Å². The van der Waals surface area contributed by atoms with E-state index in [0.717, 1.165) is 27.3 Å². The van der Waals surface area contributed by atoms with Gasteiger partial charge in [-0.15, -0.1) is 0 Å². The fourth-order valence-corrected chi connectivity index (χ4v) is 1.94. The number of rotatable bonds is 5. The molecule has 0 aliphatic rings. The van der Waals surface area contributed by atoms with Gasteiger partial charge in [0.25, 0.3) is 0 Å². The molecule has 1 aromatic carbocycles. The number of halogens is 4. The molecule has 1 aromatic rings. The zero-order valence-electron chi connectivity index (χ0n) is 7.85. The summed E-state index contributed by atoms with van der Waals surface area (Å²) in [5, 5.41) is 0.854. The van der Waals surface area contributed by atoms with Crippen LogP contribution >= 0.6 is 38.5 Å². The lowest BCUT2D eigenvalue weighted by Crippen LogP contribution is -2.05. The molecule has 5 heteroatoms. The Labute approximate surface area is 109 Å². The van der Waals surface area contributed by atoms with Gasteiger partial charge in [-0.2, -0.15) is 8.78 Å². The van der Waals surface area contributed by atoms with Gasteiger partial charge in [0.05, 0.1) is 0 Å². The molecule has 15 heavy (non-hydrogen) atoms. The third-order valence-electron chi connectivity index (χ3n) is 1.83. The molecule has 0 atom stereocenters. The van der Waals surface area contributed by atoms with Crippen molar-refractivity contribution in [3.8, 4) is 5.75 Å². The van der Waals surface area contributed by atoms with Gasteiger partial charge in [0.1, 0.15) is 5.75 Å². The summed E-state index contributed by atoms with van der Waals surface area (Å²) in [4.78, 5) is 0. The number of aryl methyl sites for hydroxylation is 1. The summed E-state index contributed by atoms with van der Waals surface area (Å²) in [6.45, 7) is -2.76. The van der Waals surface area contributed by atoms with Gasteiger partial charge >= 0.3 is 6.61 Å². The third kappa shape index (κ3) is 4.63. The van der Waals surface area contributed by atoms with Crippen LogP contribution in [0.25, 0.3) is 0 Å². The smallest absolute Gasteiger partial charge is 0.387 e. The van der Waals surface area contributed by atoms with Gasteiger partial charge < -0.3 is 4.74 Å². The van der Waals surface area contributed by atoms with Gasteiger partial charge in [-0.3, -0.25) is 0 Å². The van der Waals surface area contributed by atoms with Crippen LogP contribution in [0, 0.1) is 3.57 Å². The van der Waals surface area contributed by atoms with Crippen molar-refractivity contribution in [2.75, 3.05) is 5.33 Å². The Morgan fingerprint density at radius 3 is 2.73 bits per heavy atom. The number of alkyl halides is 3. The average molecular weight is 391 g/mol. The molecule has 0 bridgehead atoms. The summed E-state index contributed by atoms with van der Waals surface area (Å²) in [5.41, 5.74) is 0.829. The van der Waals surface area contributed by atoms with E-state index in [1.165, 1.54) is 0 Å². The van der Waals surface area contributed by atoms with Gasteiger partial charge in [0.2, 0.25) is 0 Å². The van der Waals surface area contributed by atoms with Crippen LogP contribution in [-0.2, 0) is 6.42 Å². The molecule has 1 nitrogen and oxygen atoms in total. The van der Waals surface area contributed by atoms with Gasteiger partial charge in [-0.05, 0) is 53.1 Å². The van der Waals surface area contributed by atoms with Crippen molar-refractivity contribution < 1.29 is 13.5 Å². The van der Waals surface area contributed by atoms with E-state index < -0.39 is 6.61 Å². The van der Waals surface area contributed by atoms with Gasteiger partial charge in [-0.1, -0.05) is 22.0 Å². The summed E-state index contributed by atoms with van der Waals surface area (Å²) < 4.78 is 29.6. The highest BCUT2D eigenvalue weighted by Crippen LogP contribution is 2.24. The molecule has 0 unspecified atom stereocenters. The van der Waals surface area contributed by atoms with E-state index in [1.807, 2.05) is 12.1 Å². The Bertz CT molecular complexity index is 320. The average Bonchev–Trinajstić information content (AvgIpc) is 2.16. The van der Waals surface area contributed by atoms with E-state index >= 15 is 0 Å². The number of hydrogen-bond donors (Lipinski definition) is 0. The van der Waals surface area contributed by atoms with Crippen LogP contribution < -0.4 is 4.74 Å². The van der Waals surface area contributed by atoms with E-state index in [1.54, 1.807) is 6.07 Å². The first-order valence-electron chi connectivity index (χ1n) is 4.42. The molecule has 0 amide bonds. The summed E-state index contributed by atoms with van der Waals surface area (Å²) in [6.07, 6.45) is 1.64. The summed E-state index contributed by atoms with van der Waals surface area (Å²) in [6, 6.07) is 5.36. The predicted octanol–water partition coefficient (Wildman–Crippen LogP) is 4.22. The maximum absolute atomic E-state index is 12.1. The second kappa shape index (κ2) is 6.62. The van der Waals surface area contributed by atoms with Gasteiger partial charge in [0, 0.05) is 8.90 Å². The molecular formula is C10H10BrF2IO. The lowest BCUT2D eigenvalue weighted by Gasteiger charge is -2.10. The molecule has 0 radical (unpaired) electrons. The van der Waals surface area contributed by atoms with Gasteiger partial charge in [0.15, 0.2) is 0 Å². The number of benzene rings is 1. The molecule has 0 N–H and O–H groups in total. The Hall–Kier alpha value is 0.0900. The molecule has 84 valence electrons. The Morgan fingerprint density at radius 1 is 1.40 bits per heavy atom. The first kappa shape index (κ1) is 13.2. The van der Waals surface area contributed by atoms with Crippen LogP contribution in [0.3, 0.4) is 0 Å². The van der Waals surface area contributed by atoms with Crippen molar-refractivity contribution >= 4 is 38.5 Å². The monoisotopic (exact) mass is 390 g/mol. The fraction of sp³-hybridized carbons (Fsp3) is 0.400. The highest BCUT2D eigenvalue weighted by atomic mass is 127. The first-order valence-corrected chi connectivity index (χ1v) is 6.62. The second-order valence-electron chi connectivity index (χ2n) is 2.92. The normalized spacial score (nSPS) is 10.7. The first-order chi connectivity index (χ1) is 7.13. The van der Waals surface area contributed by atoms with E-state index in [-0.39, 0.29) is 5.75 Å². The molecule has 0 heterocycles. The minimum Gasteiger partial charge on any atom is -0.435 e. The molecule has 0 spiro atoms. The van der Waals surface area contributed by atoms with Crippen molar-refractivity contribution in [1.29, 1.82) is 0 Å². The Morgan fingerprint density at radius 2 is 2.13 bits per heavy atom. The zero-order valence-corrected chi connectivity index (χ0v) is 11.6. The van der Waals surface area contributed by atoms with Crippen molar-refractivity contribution in [3.05, 3.63) is 27.3 Å². The quantitative estimate of drug-likeness (QED) is 0.540. The highest BCUT2D eigenvalue weighted by molar-refractivity contribution is 14.1. The predicted molar refractivity (Wildman–Crippen MR) is 67.9 cm³/mol. The molecule has 0 saturated carbocycles. The van der Waals surface area contributed by atoms with Crippen LogP contribution in [0.2, 0.25) is 0 Å². The Balaban J connectivity index is 2.82.